The van der Waals surface area contributed by atoms with Gasteiger partial charge < -0.3 is 14.4 Å². The smallest absolute Gasteiger partial charge is 0.344 e. The van der Waals surface area contributed by atoms with Crippen LogP contribution in [0.1, 0.15) is 30.0 Å². The van der Waals surface area contributed by atoms with Crippen molar-refractivity contribution in [1.29, 1.82) is 0 Å². The first-order valence-corrected chi connectivity index (χ1v) is 11.7. The van der Waals surface area contributed by atoms with Crippen LogP contribution in [-0.4, -0.2) is 28.4 Å². The van der Waals surface area contributed by atoms with Gasteiger partial charge >= 0.3 is 5.97 Å². The first-order chi connectivity index (χ1) is 17.0. The molecule has 0 aliphatic carbocycles. The molecule has 0 radical (unpaired) electrons. The van der Waals surface area contributed by atoms with E-state index in [0.717, 1.165) is 22.4 Å². The van der Waals surface area contributed by atoms with Crippen LogP contribution in [-0.2, 0) is 16.2 Å². The number of hydrogen-bond donors (Lipinski definition) is 2. The van der Waals surface area contributed by atoms with E-state index in [4.69, 9.17) is 9.57 Å². The maximum atomic E-state index is 11.4. The van der Waals surface area contributed by atoms with Gasteiger partial charge in [0.25, 0.3) is 0 Å². The minimum absolute atomic E-state index is 0.391. The van der Waals surface area contributed by atoms with Crippen LogP contribution >= 0.6 is 0 Å². The van der Waals surface area contributed by atoms with Crippen LogP contribution in [0.4, 0.5) is 0 Å². The molecular weight excluding hydrogens is 440 g/mol. The molecule has 1 unspecified atom stereocenters. The Morgan fingerprint density at radius 1 is 1.06 bits per heavy atom. The Kier molecular flexibility index (Phi) is 7.85. The number of aryl methyl sites for hydroxylation is 1. The maximum absolute atomic E-state index is 11.4. The zero-order valence-corrected chi connectivity index (χ0v) is 20.0. The molecule has 0 aliphatic rings. The summed E-state index contributed by atoms with van der Waals surface area (Å²) in [5, 5.41) is 10.5. The number of aliphatic carboxylic acids is 1. The fraction of sp³-hybridized carbons (Fsp3) is 0.207. The molecule has 0 spiro atoms. The van der Waals surface area contributed by atoms with Crippen molar-refractivity contribution in [2.24, 2.45) is 0 Å². The first-order valence-electron chi connectivity index (χ1n) is 11.7. The molecule has 4 aromatic rings. The van der Waals surface area contributed by atoms with Crippen molar-refractivity contribution >= 4 is 28.6 Å². The Morgan fingerprint density at radius 3 is 2.57 bits per heavy atom. The molecule has 0 aliphatic heterocycles. The summed E-state index contributed by atoms with van der Waals surface area (Å²) < 4.78 is 7.88. The number of para-hydroxylation sites is 1. The summed E-state index contributed by atoms with van der Waals surface area (Å²) in [6, 6.07) is 26.0. The molecule has 2 N–H and O–H groups in total. The van der Waals surface area contributed by atoms with E-state index < -0.39 is 12.1 Å². The van der Waals surface area contributed by atoms with Crippen molar-refractivity contribution < 1.29 is 19.5 Å². The van der Waals surface area contributed by atoms with Gasteiger partial charge in [0.1, 0.15) is 5.75 Å². The normalized spacial score (nSPS) is 12.5. The minimum atomic E-state index is -0.967. The van der Waals surface area contributed by atoms with Gasteiger partial charge in [-0.3, -0.25) is 10.3 Å². The van der Waals surface area contributed by atoms with Crippen LogP contribution in [0.3, 0.4) is 0 Å². The van der Waals surface area contributed by atoms with Gasteiger partial charge in [0.05, 0.1) is 12.3 Å². The van der Waals surface area contributed by atoms with E-state index in [1.54, 1.807) is 6.92 Å². The number of hydrogen-bond acceptors (Lipinski definition) is 4. The molecule has 1 atom stereocenters. The maximum Gasteiger partial charge on any atom is 0.344 e. The summed E-state index contributed by atoms with van der Waals surface area (Å²) >= 11 is 0. The summed E-state index contributed by atoms with van der Waals surface area (Å²) in [5.41, 5.74) is 7.89. The number of nitrogens with one attached hydrogen (secondary N) is 1. The van der Waals surface area contributed by atoms with Gasteiger partial charge in [-0.05, 0) is 66.3 Å². The lowest BCUT2D eigenvalue weighted by Crippen LogP contribution is -2.26. The van der Waals surface area contributed by atoms with E-state index in [1.807, 2.05) is 73.7 Å². The Bertz CT molecular complexity index is 1310. The lowest BCUT2D eigenvalue weighted by molar-refractivity contribution is -0.145. The Labute approximate surface area is 205 Å². The van der Waals surface area contributed by atoms with Crippen molar-refractivity contribution in [3.05, 3.63) is 102 Å². The van der Waals surface area contributed by atoms with Gasteiger partial charge in [-0.15, -0.1) is 0 Å². The molecule has 6 heteroatoms. The van der Waals surface area contributed by atoms with E-state index in [1.165, 1.54) is 10.9 Å². The largest absolute Gasteiger partial charge is 0.479 e. The standard InChI is InChI=1S/C29H30N2O4/c1-3-27(29(32)33)35-28-14-13-24(19-21(28)2)25(20-22-9-5-4-6-10-22)30-34-18-17-31-16-15-23-11-7-8-12-26(23)31/h4-16,19-20,27,30H,3,17-18H2,1-2H3,(H,32,33). The van der Waals surface area contributed by atoms with E-state index in [2.05, 4.69) is 34.4 Å². The highest BCUT2D eigenvalue weighted by Gasteiger charge is 2.18. The number of carboxylic acid groups (broad SMARTS) is 1. The number of ether oxygens (including phenoxy) is 1. The number of hydroxylamine groups is 1. The van der Waals surface area contributed by atoms with E-state index >= 15 is 0 Å². The number of carbonyl (C=O) groups is 1. The molecule has 1 aromatic heterocycles. The third-order valence-corrected chi connectivity index (χ3v) is 5.81. The van der Waals surface area contributed by atoms with Crippen LogP contribution in [0.25, 0.3) is 22.7 Å². The number of benzene rings is 3. The van der Waals surface area contributed by atoms with Crippen LogP contribution in [0.2, 0.25) is 0 Å². The summed E-state index contributed by atoms with van der Waals surface area (Å²) in [7, 11) is 0. The molecule has 0 bridgehead atoms. The van der Waals surface area contributed by atoms with Crippen LogP contribution in [0, 0.1) is 6.92 Å². The molecule has 0 amide bonds. The summed E-state index contributed by atoms with van der Waals surface area (Å²) in [6.07, 6.45) is 3.61. The topological polar surface area (TPSA) is 72.7 Å². The number of rotatable bonds is 11. The van der Waals surface area contributed by atoms with Crippen molar-refractivity contribution in [3.63, 3.8) is 0 Å². The Hall–Kier alpha value is -4.03. The van der Waals surface area contributed by atoms with E-state index in [-0.39, 0.29) is 0 Å². The lowest BCUT2D eigenvalue weighted by atomic mass is 10.1. The second-order valence-electron chi connectivity index (χ2n) is 8.32. The third kappa shape index (κ3) is 6.11. The van der Waals surface area contributed by atoms with E-state index in [9.17, 15) is 9.90 Å². The summed E-state index contributed by atoms with van der Waals surface area (Å²) in [5.74, 6) is -0.409. The summed E-state index contributed by atoms with van der Waals surface area (Å²) in [4.78, 5) is 17.2. The van der Waals surface area contributed by atoms with Crippen LogP contribution in [0.5, 0.6) is 5.75 Å². The van der Waals surface area contributed by atoms with Gasteiger partial charge in [0, 0.05) is 23.8 Å². The molecular formula is C29H30N2O4. The van der Waals surface area contributed by atoms with Crippen LogP contribution < -0.4 is 10.2 Å². The number of nitrogens with zero attached hydrogens (tertiary/aromatic N) is 1. The number of carboxylic acids is 1. The fourth-order valence-electron chi connectivity index (χ4n) is 3.91. The van der Waals surface area contributed by atoms with Gasteiger partial charge in [0.2, 0.25) is 0 Å². The van der Waals surface area contributed by atoms with Gasteiger partial charge in [-0.25, -0.2) is 4.79 Å². The summed E-state index contributed by atoms with van der Waals surface area (Å²) in [6.45, 7) is 4.88. The highest BCUT2D eigenvalue weighted by atomic mass is 16.6. The molecule has 35 heavy (non-hydrogen) atoms. The SMILES string of the molecule is CCC(Oc1ccc(C(=Cc2ccccc2)NOCCn2ccc3ccccc32)cc1C)C(=O)O. The second kappa shape index (κ2) is 11.4. The van der Waals surface area contributed by atoms with Crippen LogP contribution in [0.15, 0.2) is 85.1 Å². The molecule has 4 rings (SSSR count). The minimum Gasteiger partial charge on any atom is -0.479 e. The number of aromatic nitrogens is 1. The third-order valence-electron chi connectivity index (χ3n) is 5.81. The quantitative estimate of drug-likeness (QED) is 0.162. The van der Waals surface area contributed by atoms with Crippen molar-refractivity contribution in [1.82, 2.24) is 10.0 Å². The molecule has 1 heterocycles. The van der Waals surface area contributed by atoms with Gasteiger partial charge in [-0.2, -0.15) is 0 Å². The fourth-order valence-corrected chi connectivity index (χ4v) is 3.91. The number of fused-ring (bicyclic) bond motifs is 1. The lowest BCUT2D eigenvalue weighted by Gasteiger charge is -2.17. The Balaban J connectivity index is 1.49. The average Bonchev–Trinajstić information content (AvgIpc) is 3.28. The predicted octanol–water partition coefficient (Wildman–Crippen LogP) is 5.91. The molecule has 0 fully saturated rings. The average molecular weight is 471 g/mol. The van der Waals surface area contributed by atoms with Crippen molar-refractivity contribution in [2.75, 3.05) is 6.61 Å². The molecule has 0 saturated carbocycles. The molecule has 6 nitrogen and oxygen atoms in total. The van der Waals surface area contributed by atoms with Crippen molar-refractivity contribution in [3.8, 4) is 5.75 Å². The zero-order valence-electron chi connectivity index (χ0n) is 20.0. The zero-order chi connectivity index (χ0) is 24.6. The first kappa shape index (κ1) is 24.1. The van der Waals surface area contributed by atoms with Gasteiger partial charge in [-0.1, -0.05) is 55.5 Å². The molecule has 180 valence electrons. The second-order valence-corrected chi connectivity index (χ2v) is 8.32. The Morgan fingerprint density at radius 2 is 1.83 bits per heavy atom. The van der Waals surface area contributed by atoms with Gasteiger partial charge in [0.15, 0.2) is 6.10 Å². The predicted molar refractivity (Wildman–Crippen MR) is 139 cm³/mol. The van der Waals surface area contributed by atoms with E-state index in [0.29, 0.717) is 25.3 Å². The van der Waals surface area contributed by atoms with Crippen molar-refractivity contribution in [2.45, 2.75) is 32.9 Å². The highest BCUT2D eigenvalue weighted by molar-refractivity contribution is 5.81. The highest BCUT2D eigenvalue weighted by Crippen LogP contribution is 2.25. The molecule has 3 aromatic carbocycles. The molecule has 0 saturated heterocycles. The monoisotopic (exact) mass is 470 g/mol.